The van der Waals surface area contributed by atoms with E-state index >= 15 is 0 Å². The lowest BCUT2D eigenvalue weighted by Gasteiger charge is -2.13. The van der Waals surface area contributed by atoms with Crippen molar-refractivity contribution in [1.29, 1.82) is 0 Å². The number of nitrogens with zero attached hydrogens (tertiary/aromatic N) is 3. The summed E-state index contributed by atoms with van der Waals surface area (Å²) in [5.74, 6) is 0. The second kappa shape index (κ2) is 8.79. The van der Waals surface area contributed by atoms with E-state index in [9.17, 15) is 0 Å². The molecule has 0 spiro atoms. The minimum Gasteiger partial charge on any atom is -0.293 e. The molecule has 10 rings (SSSR count). The van der Waals surface area contributed by atoms with E-state index in [2.05, 4.69) is 161 Å². The monoisotopic (exact) mass is 559 g/mol. The lowest BCUT2D eigenvalue weighted by Crippen LogP contribution is -1.99. The number of pyridine rings is 1. The Morgan fingerprint density at radius 2 is 1.02 bits per heavy atom. The van der Waals surface area contributed by atoms with Gasteiger partial charge in [-0.1, -0.05) is 115 Å². The summed E-state index contributed by atoms with van der Waals surface area (Å²) in [5, 5.41) is 11.3. The fourth-order valence-electron chi connectivity index (χ4n) is 7.31. The van der Waals surface area contributed by atoms with E-state index in [4.69, 9.17) is 4.98 Å². The Balaban J connectivity index is 1.27. The third kappa shape index (κ3) is 3.18. The molecule has 0 unspecified atom stereocenters. The number of fused-ring (bicyclic) bond motifs is 12. The maximum atomic E-state index is 5.17. The Morgan fingerprint density at radius 1 is 0.432 bits per heavy atom. The highest BCUT2D eigenvalue weighted by Crippen LogP contribution is 2.39. The molecule has 0 N–H and O–H groups in total. The van der Waals surface area contributed by atoms with Gasteiger partial charge in [-0.2, -0.15) is 0 Å². The van der Waals surface area contributed by atoms with Gasteiger partial charge in [0, 0.05) is 17.0 Å². The Morgan fingerprint density at radius 3 is 1.80 bits per heavy atom. The molecular formula is C41H25N3. The molecule has 0 fully saturated rings. The highest BCUT2D eigenvalue weighted by atomic mass is 15.1. The van der Waals surface area contributed by atoms with Crippen LogP contribution in [-0.4, -0.2) is 14.0 Å². The summed E-state index contributed by atoms with van der Waals surface area (Å²) >= 11 is 0. The van der Waals surface area contributed by atoms with Crippen LogP contribution in [-0.2, 0) is 0 Å². The molecule has 10 aromatic rings. The van der Waals surface area contributed by atoms with Gasteiger partial charge in [-0.05, 0) is 79.2 Å². The predicted molar refractivity (Wildman–Crippen MR) is 185 cm³/mol. The smallest absolute Gasteiger partial charge is 0.150 e. The van der Waals surface area contributed by atoms with Crippen LogP contribution in [0.5, 0.6) is 0 Å². The highest BCUT2D eigenvalue weighted by Gasteiger charge is 2.19. The van der Waals surface area contributed by atoms with Crippen molar-refractivity contribution in [3.63, 3.8) is 0 Å². The first kappa shape index (κ1) is 23.6. The van der Waals surface area contributed by atoms with Gasteiger partial charge in [-0.15, -0.1) is 0 Å². The fourth-order valence-corrected chi connectivity index (χ4v) is 7.31. The zero-order valence-electron chi connectivity index (χ0n) is 23.8. The van der Waals surface area contributed by atoms with Crippen LogP contribution in [0.1, 0.15) is 0 Å². The molecule has 204 valence electrons. The Hall–Kier alpha value is -5.93. The van der Waals surface area contributed by atoms with Crippen molar-refractivity contribution in [2.45, 2.75) is 0 Å². The largest absolute Gasteiger partial charge is 0.293 e. The molecule has 0 aliphatic carbocycles. The second-order valence-corrected chi connectivity index (χ2v) is 11.6. The van der Waals surface area contributed by atoms with Crippen LogP contribution in [0.25, 0.3) is 87.6 Å². The van der Waals surface area contributed by atoms with Gasteiger partial charge in [0.05, 0.1) is 11.2 Å². The van der Waals surface area contributed by atoms with Crippen molar-refractivity contribution < 1.29 is 0 Å². The number of hydrogen-bond donors (Lipinski definition) is 0. The average Bonchev–Trinajstić information content (AvgIpc) is 3.62. The van der Waals surface area contributed by atoms with Crippen molar-refractivity contribution in [2.75, 3.05) is 0 Å². The third-order valence-electron chi connectivity index (χ3n) is 9.29. The molecule has 0 amide bonds. The fraction of sp³-hybridized carbons (Fsp3) is 0. The molecule has 3 heteroatoms. The summed E-state index contributed by atoms with van der Waals surface area (Å²) in [4.78, 5) is 5.17. The molecule has 3 aromatic heterocycles. The van der Waals surface area contributed by atoms with Gasteiger partial charge in [0.2, 0.25) is 0 Å². The molecule has 0 saturated carbocycles. The van der Waals surface area contributed by atoms with Crippen molar-refractivity contribution >= 4 is 70.8 Å². The van der Waals surface area contributed by atoms with Crippen molar-refractivity contribution in [2.24, 2.45) is 0 Å². The van der Waals surface area contributed by atoms with Crippen LogP contribution in [0.4, 0.5) is 0 Å². The van der Waals surface area contributed by atoms with Crippen LogP contribution in [0.15, 0.2) is 152 Å². The SMILES string of the molecule is c1ccc2c(-n3c4ccccc4c4nc5ccc(-c6ccc7c8ccccc8c8ccccc8c7c6)cn5c43)cccc2c1. The van der Waals surface area contributed by atoms with Crippen LogP contribution in [0.2, 0.25) is 0 Å². The molecule has 0 atom stereocenters. The van der Waals surface area contributed by atoms with Gasteiger partial charge in [0.1, 0.15) is 11.2 Å². The van der Waals surface area contributed by atoms with Gasteiger partial charge >= 0.3 is 0 Å². The number of hydrogen-bond acceptors (Lipinski definition) is 1. The number of imidazole rings is 1. The molecule has 0 aliphatic heterocycles. The minimum absolute atomic E-state index is 0.940. The average molecular weight is 560 g/mol. The van der Waals surface area contributed by atoms with E-state index in [1.807, 2.05) is 0 Å². The highest BCUT2D eigenvalue weighted by molar-refractivity contribution is 6.25. The zero-order valence-corrected chi connectivity index (χ0v) is 23.8. The molecule has 3 heterocycles. The van der Waals surface area contributed by atoms with Crippen LogP contribution in [0, 0.1) is 0 Å². The third-order valence-corrected chi connectivity index (χ3v) is 9.29. The van der Waals surface area contributed by atoms with Crippen molar-refractivity contribution in [1.82, 2.24) is 14.0 Å². The van der Waals surface area contributed by atoms with E-state index in [-0.39, 0.29) is 0 Å². The van der Waals surface area contributed by atoms with Gasteiger partial charge in [-0.3, -0.25) is 8.97 Å². The zero-order chi connectivity index (χ0) is 28.8. The number of benzene rings is 7. The molecule has 44 heavy (non-hydrogen) atoms. The minimum atomic E-state index is 0.940. The van der Waals surface area contributed by atoms with Crippen molar-refractivity contribution in [3.05, 3.63) is 152 Å². The Bertz CT molecular complexity index is 2740. The summed E-state index contributed by atoms with van der Waals surface area (Å²) in [6.07, 6.45) is 2.26. The molecular weight excluding hydrogens is 534 g/mol. The lowest BCUT2D eigenvalue weighted by molar-refractivity contribution is 1.10. The van der Waals surface area contributed by atoms with Gasteiger partial charge in [0.25, 0.3) is 0 Å². The topological polar surface area (TPSA) is 22.2 Å². The first-order valence-electron chi connectivity index (χ1n) is 15.1. The maximum Gasteiger partial charge on any atom is 0.150 e. The van der Waals surface area contributed by atoms with E-state index in [0.29, 0.717) is 0 Å². The van der Waals surface area contributed by atoms with Crippen LogP contribution in [0.3, 0.4) is 0 Å². The number of aromatic nitrogens is 3. The maximum absolute atomic E-state index is 5.17. The lowest BCUT2D eigenvalue weighted by atomic mass is 9.92. The van der Waals surface area contributed by atoms with E-state index in [1.54, 1.807) is 0 Å². The molecule has 3 nitrogen and oxygen atoms in total. The second-order valence-electron chi connectivity index (χ2n) is 11.6. The Labute approximate surface area is 252 Å². The first-order chi connectivity index (χ1) is 21.8. The standard InChI is InChI=1S/C41H25N3/c1-2-12-29-26(10-1)11-9-19-37(29)44-38-18-8-7-17-35(38)40-41(44)43-25-28(21-23-39(43)42-40)27-20-22-34-32-15-4-3-13-30(32)31-14-5-6-16-33(31)36(34)24-27/h1-25H. The first-order valence-corrected chi connectivity index (χ1v) is 15.1. The van der Waals surface area contributed by atoms with E-state index in [1.165, 1.54) is 48.7 Å². The van der Waals surface area contributed by atoms with E-state index in [0.717, 1.165) is 39.0 Å². The normalized spacial score (nSPS) is 12.1. The van der Waals surface area contributed by atoms with Crippen LogP contribution >= 0.6 is 0 Å². The number of para-hydroxylation sites is 1. The Kier molecular flexibility index (Phi) is 4.72. The predicted octanol–water partition coefficient (Wildman–Crippen LogP) is 10.7. The van der Waals surface area contributed by atoms with Gasteiger partial charge < -0.3 is 0 Å². The van der Waals surface area contributed by atoms with Gasteiger partial charge in [0.15, 0.2) is 5.65 Å². The summed E-state index contributed by atoms with van der Waals surface area (Å²) in [6, 6.07) is 52.6. The molecule has 0 saturated heterocycles. The summed E-state index contributed by atoms with van der Waals surface area (Å²) < 4.78 is 4.66. The van der Waals surface area contributed by atoms with Gasteiger partial charge in [-0.25, -0.2) is 4.98 Å². The summed E-state index contributed by atoms with van der Waals surface area (Å²) in [6.45, 7) is 0. The van der Waals surface area contributed by atoms with Crippen LogP contribution < -0.4 is 0 Å². The molecule has 0 bridgehead atoms. The van der Waals surface area contributed by atoms with E-state index < -0.39 is 0 Å². The quantitative estimate of drug-likeness (QED) is 0.193. The summed E-state index contributed by atoms with van der Waals surface area (Å²) in [7, 11) is 0. The molecule has 7 aromatic carbocycles. The molecule has 0 aliphatic rings. The molecule has 0 radical (unpaired) electrons. The van der Waals surface area contributed by atoms with Crippen molar-refractivity contribution in [3.8, 4) is 16.8 Å². The summed E-state index contributed by atoms with van der Waals surface area (Å²) in [5.41, 5.74) is 7.70. The number of rotatable bonds is 2.